The average Bonchev–Trinajstić information content (AvgIpc) is 2.99. The largest absolute Gasteiger partial charge is 0.498 e. The van der Waals surface area contributed by atoms with Gasteiger partial charge in [-0.1, -0.05) is 18.2 Å². The molecule has 1 saturated heterocycles. The molecule has 2 aliphatic heterocycles. The summed E-state index contributed by atoms with van der Waals surface area (Å²) in [6.45, 7) is 8.19. The van der Waals surface area contributed by atoms with Crippen LogP contribution in [0.4, 0.5) is 8.78 Å². The number of hydrogen-bond acceptors (Lipinski definition) is 6. The van der Waals surface area contributed by atoms with Crippen LogP contribution in [0.3, 0.4) is 0 Å². The zero-order chi connectivity index (χ0) is 25.5. The zero-order valence-corrected chi connectivity index (χ0v) is 19.8. The SMILES string of the molecule is CC1(C)OB(c2ccc(CC(NC(=O)c3c(F)cccc3F)C(=O)O)c3c2OCCO3)OC1(C)C. The van der Waals surface area contributed by atoms with E-state index in [1.54, 1.807) is 12.1 Å². The lowest BCUT2D eigenvalue weighted by Gasteiger charge is -2.32. The maximum atomic E-state index is 14.0. The Morgan fingerprint density at radius 1 is 1.00 bits per heavy atom. The number of carboxylic acid groups (broad SMARTS) is 1. The van der Waals surface area contributed by atoms with Crippen molar-refractivity contribution in [2.75, 3.05) is 13.2 Å². The number of benzene rings is 2. The molecule has 2 N–H and O–H groups in total. The molecule has 2 heterocycles. The molecule has 2 aliphatic rings. The first-order valence-corrected chi connectivity index (χ1v) is 11.2. The molecule has 11 heteroatoms. The van der Waals surface area contributed by atoms with E-state index in [0.29, 0.717) is 22.5 Å². The van der Waals surface area contributed by atoms with Gasteiger partial charge in [-0.2, -0.15) is 0 Å². The average molecular weight is 489 g/mol. The molecule has 0 aliphatic carbocycles. The molecule has 1 atom stereocenters. The lowest BCUT2D eigenvalue weighted by Crippen LogP contribution is -2.43. The molecule has 4 rings (SSSR count). The van der Waals surface area contributed by atoms with Crippen molar-refractivity contribution in [2.45, 2.75) is 51.4 Å². The number of halogens is 2. The molecular weight excluding hydrogens is 463 g/mol. The van der Waals surface area contributed by atoms with Gasteiger partial charge in [0.15, 0.2) is 11.5 Å². The second-order valence-electron chi connectivity index (χ2n) is 9.42. The van der Waals surface area contributed by atoms with Crippen LogP contribution in [0.25, 0.3) is 0 Å². The van der Waals surface area contributed by atoms with Gasteiger partial charge in [0.2, 0.25) is 0 Å². The van der Waals surface area contributed by atoms with Crippen LogP contribution in [0.2, 0.25) is 0 Å². The first-order valence-electron chi connectivity index (χ1n) is 11.2. The topological polar surface area (TPSA) is 103 Å². The van der Waals surface area contributed by atoms with Gasteiger partial charge in [-0.15, -0.1) is 0 Å². The van der Waals surface area contributed by atoms with Crippen LogP contribution in [0.5, 0.6) is 11.5 Å². The summed E-state index contributed by atoms with van der Waals surface area (Å²) in [5.41, 5.74) is -0.997. The first-order chi connectivity index (χ1) is 16.4. The predicted molar refractivity (Wildman–Crippen MR) is 122 cm³/mol. The second kappa shape index (κ2) is 9.12. The summed E-state index contributed by atoms with van der Waals surface area (Å²) in [5.74, 6) is -4.06. The number of carbonyl (C=O) groups excluding carboxylic acids is 1. The molecule has 0 aromatic heterocycles. The van der Waals surface area contributed by atoms with Gasteiger partial charge in [0.1, 0.15) is 36.5 Å². The first kappa shape index (κ1) is 24.9. The summed E-state index contributed by atoms with van der Waals surface area (Å²) >= 11 is 0. The fourth-order valence-corrected chi connectivity index (χ4v) is 3.89. The van der Waals surface area contributed by atoms with Crippen LogP contribution in [0.15, 0.2) is 30.3 Å². The second-order valence-corrected chi connectivity index (χ2v) is 9.42. The zero-order valence-electron chi connectivity index (χ0n) is 19.8. The Kier molecular flexibility index (Phi) is 6.50. The van der Waals surface area contributed by atoms with Crippen LogP contribution in [-0.4, -0.2) is 54.6 Å². The van der Waals surface area contributed by atoms with Crippen molar-refractivity contribution in [3.8, 4) is 11.5 Å². The van der Waals surface area contributed by atoms with Gasteiger partial charge in [0.05, 0.1) is 11.2 Å². The number of carbonyl (C=O) groups is 2. The minimum atomic E-state index is -1.49. The van der Waals surface area contributed by atoms with Gasteiger partial charge < -0.3 is 29.2 Å². The van der Waals surface area contributed by atoms with E-state index in [1.165, 1.54) is 0 Å². The molecule has 186 valence electrons. The third kappa shape index (κ3) is 4.70. The van der Waals surface area contributed by atoms with Gasteiger partial charge in [-0.3, -0.25) is 4.79 Å². The Hall–Kier alpha value is -3.18. The number of carboxylic acids is 1. The number of hydrogen-bond donors (Lipinski definition) is 2. The summed E-state index contributed by atoms with van der Waals surface area (Å²) in [6.07, 6.45) is -0.216. The Bertz CT molecular complexity index is 1130. The summed E-state index contributed by atoms with van der Waals surface area (Å²) < 4.78 is 51.9. The van der Waals surface area contributed by atoms with E-state index in [2.05, 4.69) is 5.32 Å². The van der Waals surface area contributed by atoms with Crippen molar-refractivity contribution in [1.29, 1.82) is 0 Å². The van der Waals surface area contributed by atoms with Gasteiger partial charge in [0, 0.05) is 17.4 Å². The molecule has 1 fully saturated rings. The number of rotatable bonds is 6. The fraction of sp³-hybridized carbons (Fsp3) is 0.417. The van der Waals surface area contributed by atoms with Gasteiger partial charge >= 0.3 is 13.1 Å². The molecule has 0 saturated carbocycles. The third-order valence-electron chi connectivity index (χ3n) is 6.52. The predicted octanol–water partition coefficient (Wildman–Crippen LogP) is 2.46. The molecule has 1 amide bonds. The van der Waals surface area contributed by atoms with Gasteiger partial charge in [-0.25, -0.2) is 13.6 Å². The quantitative estimate of drug-likeness (QED) is 0.601. The highest BCUT2D eigenvalue weighted by Gasteiger charge is 2.53. The highest BCUT2D eigenvalue weighted by molar-refractivity contribution is 6.63. The van der Waals surface area contributed by atoms with E-state index < -0.39 is 53.4 Å². The summed E-state index contributed by atoms with van der Waals surface area (Å²) in [6, 6.07) is 4.80. The lowest BCUT2D eigenvalue weighted by molar-refractivity contribution is -0.139. The van der Waals surface area contributed by atoms with Crippen LogP contribution < -0.4 is 20.3 Å². The Balaban J connectivity index is 1.62. The molecule has 0 radical (unpaired) electrons. The van der Waals surface area contributed by atoms with E-state index in [4.69, 9.17) is 18.8 Å². The van der Waals surface area contributed by atoms with Crippen molar-refractivity contribution in [2.24, 2.45) is 0 Å². The Morgan fingerprint density at radius 2 is 1.57 bits per heavy atom. The molecule has 2 aromatic carbocycles. The number of fused-ring (bicyclic) bond motifs is 1. The maximum Gasteiger partial charge on any atom is 0.498 e. The minimum Gasteiger partial charge on any atom is -0.486 e. The van der Waals surface area contributed by atoms with Crippen LogP contribution in [0.1, 0.15) is 43.6 Å². The monoisotopic (exact) mass is 489 g/mol. The standard InChI is InChI=1S/C24H26BF2NO7/c1-23(2)24(3,4)35-25(34-23)14-9-8-13(19-20(14)33-11-10-32-19)12-17(22(30)31)28-21(29)18-15(26)6-5-7-16(18)27/h5-9,17H,10-12H2,1-4H3,(H,28,29)(H,30,31). The Labute approximate surface area is 201 Å². The highest BCUT2D eigenvalue weighted by Crippen LogP contribution is 2.40. The van der Waals surface area contributed by atoms with Crippen molar-refractivity contribution in [3.05, 3.63) is 53.1 Å². The van der Waals surface area contributed by atoms with Crippen LogP contribution >= 0.6 is 0 Å². The molecule has 8 nitrogen and oxygen atoms in total. The summed E-state index contributed by atoms with van der Waals surface area (Å²) in [5, 5.41) is 11.9. The van der Waals surface area contributed by atoms with Gasteiger partial charge in [0.25, 0.3) is 5.91 Å². The highest BCUT2D eigenvalue weighted by atomic mass is 19.1. The molecule has 1 unspecified atom stereocenters. The van der Waals surface area contributed by atoms with Gasteiger partial charge in [-0.05, 0) is 39.8 Å². The van der Waals surface area contributed by atoms with Crippen molar-refractivity contribution in [3.63, 3.8) is 0 Å². The number of ether oxygens (including phenoxy) is 2. The smallest absolute Gasteiger partial charge is 0.486 e. The van der Waals surface area contributed by atoms with Crippen molar-refractivity contribution < 1.29 is 42.3 Å². The molecule has 0 spiro atoms. The van der Waals surface area contributed by atoms with E-state index in [1.807, 2.05) is 27.7 Å². The number of amides is 1. The summed E-state index contributed by atoms with van der Waals surface area (Å²) in [4.78, 5) is 24.4. The van der Waals surface area contributed by atoms with Crippen LogP contribution in [0, 0.1) is 11.6 Å². The van der Waals surface area contributed by atoms with Crippen molar-refractivity contribution >= 4 is 24.5 Å². The van der Waals surface area contributed by atoms with E-state index in [9.17, 15) is 23.5 Å². The summed E-state index contributed by atoms with van der Waals surface area (Å²) in [7, 11) is -0.733. The third-order valence-corrected chi connectivity index (χ3v) is 6.52. The molecular formula is C24H26BF2NO7. The minimum absolute atomic E-state index is 0.216. The maximum absolute atomic E-state index is 14.0. The van der Waals surface area contributed by atoms with E-state index in [-0.39, 0.29) is 19.6 Å². The van der Waals surface area contributed by atoms with E-state index >= 15 is 0 Å². The number of aliphatic carboxylic acids is 1. The molecule has 0 bridgehead atoms. The molecule has 35 heavy (non-hydrogen) atoms. The molecule has 2 aromatic rings. The number of nitrogens with one attached hydrogen (secondary N) is 1. The lowest BCUT2D eigenvalue weighted by atomic mass is 9.77. The fourth-order valence-electron chi connectivity index (χ4n) is 3.89. The van der Waals surface area contributed by atoms with Crippen molar-refractivity contribution in [1.82, 2.24) is 5.32 Å². The van der Waals surface area contributed by atoms with Crippen LogP contribution in [-0.2, 0) is 20.5 Å². The van der Waals surface area contributed by atoms with E-state index in [0.717, 1.165) is 18.2 Å². The normalized spacial score (nSPS) is 18.7. The Morgan fingerprint density at radius 3 is 2.14 bits per heavy atom.